The zero-order valence-electron chi connectivity index (χ0n) is 9.17. The molecular formula is C10H14ClN3O3. The minimum absolute atomic E-state index is 0. The van der Waals surface area contributed by atoms with E-state index in [1.165, 1.54) is 6.07 Å². The Kier molecular flexibility index (Phi) is 4.53. The number of anilines is 2. The molecule has 0 amide bonds. The summed E-state index contributed by atoms with van der Waals surface area (Å²) in [6.45, 7) is 2.80. The highest BCUT2D eigenvalue weighted by molar-refractivity contribution is 5.85. The number of benzene rings is 1. The monoisotopic (exact) mass is 259 g/mol. The molecule has 1 heterocycles. The number of hydrogen-bond donors (Lipinski definition) is 1. The number of nitro groups is 1. The van der Waals surface area contributed by atoms with Gasteiger partial charge in [-0.05, 0) is 12.1 Å². The number of ether oxygens (including phenoxy) is 1. The van der Waals surface area contributed by atoms with Gasteiger partial charge in [0.1, 0.15) is 5.69 Å². The van der Waals surface area contributed by atoms with Crippen molar-refractivity contribution in [3.8, 4) is 0 Å². The summed E-state index contributed by atoms with van der Waals surface area (Å²) in [6.07, 6.45) is 0. The van der Waals surface area contributed by atoms with Crippen LogP contribution in [0.3, 0.4) is 0 Å². The predicted octanol–water partition coefficient (Wildman–Crippen LogP) is 1.44. The molecule has 2 N–H and O–H groups in total. The van der Waals surface area contributed by atoms with E-state index in [2.05, 4.69) is 4.90 Å². The van der Waals surface area contributed by atoms with Crippen molar-refractivity contribution in [3.05, 3.63) is 28.3 Å². The van der Waals surface area contributed by atoms with E-state index in [0.29, 0.717) is 13.2 Å². The summed E-state index contributed by atoms with van der Waals surface area (Å²) in [7, 11) is 0. The Morgan fingerprint density at radius 1 is 1.35 bits per heavy atom. The maximum atomic E-state index is 10.7. The van der Waals surface area contributed by atoms with Crippen molar-refractivity contribution in [3.63, 3.8) is 0 Å². The minimum Gasteiger partial charge on any atom is -0.393 e. The summed E-state index contributed by atoms with van der Waals surface area (Å²) in [5.41, 5.74) is 6.52. The number of nitrogen functional groups attached to an aromatic ring is 1. The van der Waals surface area contributed by atoms with Crippen LogP contribution in [-0.2, 0) is 4.74 Å². The molecule has 7 heteroatoms. The summed E-state index contributed by atoms with van der Waals surface area (Å²) < 4.78 is 5.22. The Bertz CT molecular complexity index is 408. The molecule has 6 nitrogen and oxygen atoms in total. The second kappa shape index (κ2) is 5.70. The fraction of sp³-hybridized carbons (Fsp3) is 0.400. The molecule has 94 valence electrons. The third-order valence-electron chi connectivity index (χ3n) is 2.59. The molecule has 0 bridgehead atoms. The lowest BCUT2D eigenvalue weighted by Gasteiger charge is -2.28. The Morgan fingerprint density at radius 2 is 2.00 bits per heavy atom. The van der Waals surface area contributed by atoms with Gasteiger partial charge in [-0.3, -0.25) is 10.1 Å². The second-order valence-electron chi connectivity index (χ2n) is 3.60. The first-order valence-corrected chi connectivity index (χ1v) is 5.05. The molecule has 0 saturated carbocycles. The maximum absolute atomic E-state index is 10.7. The van der Waals surface area contributed by atoms with Gasteiger partial charge in [0.2, 0.25) is 0 Å². The molecule has 0 aromatic heterocycles. The van der Waals surface area contributed by atoms with Crippen LogP contribution in [0, 0.1) is 10.1 Å². The fourth-order valence-corrected chi connectivity index (χ4v) is 1.71. The number of nitro benzene ring substituents is 1. The van der Waals surface area contributed by atoms with Crippen molar-refractivity contribution >= 4 is 29.5 Å². The van der Waals surface area contributed by atoms with Gasteiger partial charge in [0.25, 0.3) is 5.69 Å². The van der Waals surface area contributed by atoms with Crippen molar-refractivity contribution in [2.75, 3.05) is 36.9 Å². The molecule has 1 fully saturated rings. The zero-order chi connectivity index (χ0) is 11.5. The molecule has 1 aromatic rings. The van der Waals surface area contributed by atoms with Crippen LogP contribution in [-0.4, -0.2) is 31.2 Å². The predicted molar refractivity (Wildman–Crippen MR) is 67.8 cm³/mol. The van der Waals surface area contributed by atoms with Gasteiger partial charge in [-0.25, -0.2) is 0 Å². The van der Waals surface area contributed by atoms with Crippen LogP contribution in [0.2, 0.25) is 0 Å². The third-order valence-corrected chi connectivity index (χ3v) is 2.59. The van der Waals surface area contributed by atoms with E-state index in [0.717, 1.165) is 18.8 Å². The number of nitrogens with two attached hydrogens (primary N) is 1. The highest BCUT2D eigenvalue weighted by Crippen LogP contribution is 2.27. The second-order valence-corrected chi connectivity index (χ2v) is 3.60. The first-order valence-electron chi connectivity index (χ1n) is 5.05. The van der Waals surface area contributed by atoms with Gasteiger partial charge < -0.3 is 15.4 Å². The minimum atomic E-state index is -0.459. The standard InChI is InChI=1S/C10H13N3O3.ClH/c11-9-2-1-8(7-10(9)13(14)15)12-3-5-16-6-4-12;/h1-2,7H,3-6,11H2;1H. The van der Waals surface area contributed by atoms with Crippen LogP contribution in [0.15, 0.2) is 18.2 Å². The molecule has 1 saturated heterocycles. The maximum Gasteiger partial charge on any atom is 0.294 e. The lowest BCUT2D eigenvalue weighted by molar-refractivity contribution is -0.383. The van der Waals surface area contributed by atoms with E-state index in [4.69, 9.17) is 10.5 Å². The van der Waals surface area contributed by atoms with E-state index in [1.54, 1.807) is 12.1 Å². The number of nitrogens with zero attached hydrogens (tertiary/aromatic N) is 2. The molecule has 0 unspecified atom stereocenters. The molecule has 0 radical (unpaired) electrons. The lowest BCUT2D eigenvalue weighted by Crippen LogP contribution is -2.36. The molecule has 0 aliphatic carbocycles. The Morgan fingerprint density at radius 3 is 2.59 bits per heavy atom. The van der Waals surface area contributed by atoms with Crippen LogP contribution in [0.4, 0.5) is 17.1 Å². The summed E-state index contributed by atoms with van der Waals surface area (Å²) in [4.78, 5) is 12.3. The molecule has 1 aliphatic heterocycles. The molecule has 17 heavy (non-hydrogen) atoms. The van der Waals surface area contributed by atoms with Crippen LogP contribution in [0.1, 0.15) is 0 Å². The highest BCUT2D eigenvalue weighted by Gasteiger charge is 2.16. The number of halogens is 1. The van der Waals surface area contributed by atoms with Gasteiger partial charge in [-0.2, -0.15) is 0 Å². The summed E-state index contributed by atoms with van der Waals surface area (Å²) in [6, 6.07) is 4.89. The number of hydrogen-bond acceptors (Lipinski definition) is 5. The van der Waals surface area contributed by atoms with Crippen LogP contribution >= 0.6 is 12.4 Å². The smallest absolute Gasteiger partial charge is 0.294 e. The van der Waals surface area contributed by atoms with Crippen LogP contribution in [0.25, 0.3) is 0 Å². The van der Waals surface area contributed by atoms with Gasteiger partial charge >= 0.3 is 0 Å². The van der Waals surface area contributed by atoms with Crippen molar-refractivity contribution in [1.82, 2.24) is 0 Å². The average molecular weight is 260 g/mol. The normalized spacial score (nSPS) is 15.2. The molecular weight excluding hydrogens is 246 g/mol. The van der Waals surface area contributed by atoms with Crippen LogP contribution < -0.4 is 10.6 Å². The van der Waals surface area contributed by atoms with E-state index in [9.17, 15) is 10.1 Å². The molecule has 1 aliphatic rings. The van der Waals surface area contributed by atoms with Crippen molar-refractivity contribution < 1.29 is 9.66 Å². The first-order chi connectivity index (χ1) is 7.68. The van der Waals surface area contributed by atoms with Gasteiger partial charge in [0, 0.05) is 24.8 Å². The van der Waals surface area contributed by atoms with Gasteiger partial charge in [0.05, 0.1) is 18.1 Å². The van der Waals surface area contributed by atoms with E-state index >= 15 is 0 Å². The summed E-state index contributed by atoms with van der Waals surface area (Å²) in [5, 5.41) is 10.7. The van der Waals surface area contributed by atoms with E-state index in [-0.39, 0.29) is 23.8 Å². The third kappa shape index (κ3) is 2.98. The average Bonchev–Trinajstić information content (AvgIpc) is 2.30. The van der Waals surface area contributed by atoms with Gasteiger partial charge in [-0.1, -0.05) is 0 Å². The van der Waals surface area contributed by atoms with Gasteiger partial charge in [-0.15, -0.1) is 12.4 Å². The van der Waals surface area contributed by atoms with Crippen molar-refractivity contribution in [1.29, 1.82) is 0 Å². The summed E-state index contributed by atoms with van der Waals surface area (Å²) in [5.74, 6) is 0. The lowest BCUT2D eigenvalue weighted by atomic mass is 10.2. The van der Waals surface area contributed by atoms with Gasteiger partial charge in [0.15, 0.2) is 0 Å². The SMILES string of the molecule is Cl.Nc1ccc(N2CCOCC2)cc1[N+](=O)[O-]. The summed E-state index contributed by atoms with van der Waals surface area (Å²) >= 11 is 0. The highest BCUT2D eigenvalue weighted by atomic mass is 35.5. The Balaban J connectivity index is 0.00000144. The van der Waals surface area contributed by atoms with E-state index < -0.39 is 4.92 Å². The fourth-order valence-electron chi connectivity index (χ4n) is 1.71. The van der Waals surface area contributed by atoms with Crippen molar-refractivity contribution in [2.24, 2.45) is 0 Å². The van der Waals surface area contributed by atoms with E-state index in [1.807, 2.05) is 0 Å². The zero-order valence-corrected chi connectivity index (χ0v) is 9.98. The number of morpholine rings is 1. The molecule has 2 rings (SSSR count). The quantitative estimate of drug-likeness (QED) is 0.494. The Hall–Kier alpha value is -1.53. The molecule has 0 spiro atoms. The van der Waals surface area contributed by atoms with Crippen molar-refractivity contribution in [2.45, 2.75) is 0 Å². The molecule has 0 atom stereocenters. The Labute approximate surface area is 105 Å². The van der Waals surface area contributed by atoms with Crippen LogP contribution in [0.5, 0.6) is 0 Å². The first kappa shape index (κ1) is 13.5. The number of rotatable bonds is 2. The molecule has 1 aromatic carbocycles. The topological polar surface area (TPSA) is 81.6 Å². The largest absolute Gasteiger partial charge is 0.393 e.